The molecule has 0 amide bonds. The Morgan fingerprint density at radius 2 is 1.72 bits per heavy atom. The van der Waals surface area contributed by atoms with E-state index in [1.165, 1.54) is 0 Å². The molecule has 7 rings (SSSR count). The molecule has 5 heterocycles. The van der Waals surface area contributed by atoms with Gasteiger partial charge in [0.2, 0.25) is 5.78 Å². The van der Waals surface area contributed by atoms with Crippen LogP contribution < -0.4 is 0 Å². The second-order valence-electron chi connectivity index (χ2n) is 6.81. The number of para-hydroxylation sites is 4. The molecule has 0 bridgehead atoms. The van der Waals surface area contributed by atoms with Gasteiger partial charge >= 0.3 is 0 Å². The predicted molar refractivity (Wildman–Crippen MR) is 124 cm³/mol. The Labute approximate surface area is 173 Å². The van der Waals surface area contributed by atoms with Crippen LogP contribution in [0.25, 0.3) is 44.6 Å². The van der Waals surface area contributed by atoms with Crippen molar-refractivity contribution in [1.29, 1.82) is 0 Å². The van der Waals surface area contributed by atoms with Crippen molar-refractivity contribution in [2.75, 3.05) is 0 Å². The topological polar surface area (TPSA) is 60.6 Å². The Morgan fingerprint density at radius 3 is 2.66 bits per heavy atom. The third-order valence-electron chi connectivity index (χ3n) is 5.26. The Kier molecular flexibility index (Phi) is 3.01. The first-order chi connectivity index (χ1) is 14.4. The molecular formula is C22H12IN5O. The number of nitrogens with zero attached hydrogens (tertiary/aromatic N) is 5. The molecule has 138 valence electrons. The van der Waals surface area contributed by atoms with Gasteiger partial charge in [-0.15, -0.1) is 0 Å². The van der Waals surface area contributed by atoms with Crippen molar-refractivity contribution < 1.29 is 4.42 Å². The van der Waals surface area contributed by atoms with E-state index in [0.29, 0.717) is 0 Å². The molecule has 0 N–H and O–H groups in total. The second kappa shape index (κ2) is 5.60. The van der Waals surface area contributed by atoms with Crippen LogP contribution in [0.15, 0.2) is 70.2 Å². The molecule has 6 nitrogen and oxygen atoms in total. The molecule has 7 heteroatoms. The number of rotatable bonds is 1. The van der Waals surface area contributed by atoms with Gasteiger partial charge in [-0.1, -0.05) is 24.3 Å². The fraction of sp³-hybridized carbons (Fsp3) is 0. The molecule has 0 fully saturated rings. The van der Waals surface area contributed by atoms with Crippen molar-refractivity contribution in [3.63, 3.8) is 0 Å². The minimum atomic E-state index is -0.323. The molecule has 1 aliphatic rings. The zero-order valence-corrected chi connectivity index (χ0v) is 17.1. The second-order valence-corrected chi connectivity index (χ2v) is 9.13. The van der Waals surface area contributed by atoms with Crippen LogP contribution in [0, 0.1) is 3.77 Å². The van der Waals surface area contributed by atoms with E-state index < -0.39 is 0 Å². The normalized spacial score (nSPS) is 13.5. The Hall–Kier alpha value is -3.33. The van der Waals surface area contributed by atoms with Crippen molar-refractivity contribution in [2.24, 2.45) is 4.99 Å². The fourth-order valence-electron chi connectivity index (χ4n) is 4.08. The van der Waals surface area contributed by atoms with E-state index in [-0.39, 0.29) is 20.7 Å². The van der Waals surface area contributed by atoms with Gasteiger partial charge in [0, 0.05) is 12.4 Å². The standard InChI is InChI=1S/C22H12IN5O/c1-2-6-14-13(5-1)26-22-27(14)15-7-3-4-8-16(15)28(22)17-9-11-24-18-19-21(29-20(17)18)23-10-12-25-19/h1-12H. The van der Waals surface area contributed by atoms with Crippen molar-refractivity contribution in [3.05, 3.63) is 64.6 Å². The number of halogens is 1. The minimum absolute atomic E-state index is 0.323. The van der Waals surface area contributed by atoms with E-state index >= 15 is 0 Å². The van der Waals surface area contributed by atoms with E-state index in [2.05, 4.69) is 53.3 Å². The highest BCUT2D eigenvalue weighted by Gasteiger charge is 2.22. The number of fused-ring (bicyclic) bond motifs is 8. The number of imidazole rings is 2. The average Bonchev–Trinajstić information content (AvgIpc) is 3.42. The smallest absolute Gasteiger partial charge is 0.220 e. The molecule has 0 atom stereocenters. The van der Waals surface area contributed by atoms with Crippen LogP contribution in [0.2, 0.25) is 0 Å². The summed E-state index contributed by atoms with van der Waals surface area (Å²) in [4.78, 5) is 14.1. The third kappa shape index (κ3) is 2.00. The fourth-order valence-corrected chi connectivity index (χ4v) is 5.76. The van der Waals surface area contributed by atoms with Crippen LogP contribution in [-0.4, -0.2) is 29.2 Å². The third-order valence-corrected chi connectivity index (χ3v) is 7.23. The summed E-state index contributed by atoms with van der Waals surface area (Å²) < 4.78 is 13.7. The summed E-state index contributed by atoms with van der Waals surface area (Å²) in [6, 6.07) is 18.6. The minimum Gasteiger partial charge on any atom is -0.444 e. The predicted octanol–water partition coefficient (Wildman–Crippen LogP) is 5.23. The van der Waals surface area contributed by atoms with Crippen LogP contribution in [0.3, 0.4) is 0 Å². The van der Waals surface area contributed by atoms with E-state index in [9.17, 15) is 0 Å². The number of benzene rings is 2. The van der Waals surface area contributed by atoms with Gasteiger partial charge in [0.05, 0.1) is 27.8 Å². The SMILES string of the molecule is C1=Nc2c(oc3c(-n4c5ccccc5n5c6ccccc6nc45)ccnc23)I=C1. The highest BCUT2D eigenvalue weighted by molar-refractivity contribution is 14.2. The van der Waals surface area contributed by atoms with Gasteiger partial charge in [-0.25, -0.2) is 9.98 Å². The van der Waals surface area contributed by atoms with Crippen molar-refractivity contribution in [2.45, 2.75) is 0 Å². The van der Waals surface area contributed by atoms with Crippen molar-refractivity contribution in [1.82, 2.24) is 18.9 Å². The molecule has 2 aromatic carbocycles. The molecule has 4 aromatic heterocycles. The van der Waals surface area contributed by atoms with Crippen LogP contribution in [0.1, 0.15) is 0 Å². The molecule has 0 aliphatic carbocycles. The van der Waals surface area contributed by atoms with Gasteiger partial charge in [0.15, 0.2) is 9.35 Å². The Balaban J connectivity index is 1.69. The summed E-state index contributed by atoms with van der Waals surface area (Å²) >= 11 is -0.323. The van der Waals surface area contributed by atoms with Crippen LogP contribution >= 0.6 is 20.7 Å². The summed E-state index contributed by atoms with van der Waals surface area (Å²) in [6.07, 6.45) is 3.69. The van der Waals surface area contributed by atoms with Crippen molar-refractivity contribution in [3.8, 4) is 5.69 Å². The van der Waals surface area contributed by atoms with E-state index in [1.54, 1.807) is 0 Å². The maximum Gasteiger partial charge on any atom is 0.220 e. The van der Waals surface area contributed by atoms with Gasteiger partial charge < -0.3 is 4.42 Å². The number of aromatic nitrogens is 4. The van der Waals surface area contributed by atoms with Crippen molar-refractivity contribution >= 4 is 75.6 Å². The largest absolute Gasteiger partial charge is 0.444 e. The summed E-state index contributed by atoms with van der Waals surface area (Å²) in [5, 5.41) is 0. The quantitative estimate of drug-likeness (QED) is 0.297. The lowest BCUT2D eigenvalue weighted by Gasteiger charge is -2.05. The lowest BCUT2D eigenvalue weighted by molar-refractivity contribution is 0.583. The molecule has 0 radical (unpaired) electrons. The monoisotopic (exact) mass is 489 g/mol. The first-order valence-electron chi connectivity index (χ1n) is 9.18. The Morgan fingerprint density at radius 1 is 0.897 bits per heavy atom. The van der Waals surface area contributed by atoms with Crippen LogP contribution in [-0.2, 0) is 0 Å². The molecule has 0 unspecified atom stereocenters. The number of hydrogen-bond donors (Lipinski definition) is 0. The molecule has 29 heavy (non-hydrogen) atoms. The zero-order valence-electron chi connectivity index (χ0n) is 15.0. The summed E-state index contributed by atoms with van der Waals surface area (Å²) in [5.74, 6) is 0.860. The zero-order chi connectivity index (χ0) is 18.9. The molecule has 1 aliphatic heterocycles. The van der Waals surface area contributed by atoms with Gasteiger partial charge in [0.25, 0.3) is 0 Å². The van der Waals surface area contributed by atoms with Gasteiger partial charge in [-0.2, -0.15) is 0 Å². The molecule has 0 saturated heterocycles. The van der Waals surface area contributed by atoms with Crippen LogP contribution in [0.4, 0.5) is 5.69 Å². The molecule has 0 saturated carbocycles. The number of pyridine rings is 1. The summed E-state index contributed by atoms with van der Waals surface area (Å²) in [6.45, 7) is 0. The first kappa shape index (κ1) is 15.6. The maximum absolute atomic E-state index is 6.30. The van der Waals surface area contributed by atoms with E-state index in [1.807, 2.05) is 36.7 Å². The molecule has 0 spiro atoms. The van der Waals surface area contributed by atoms with Gasteiger partial charge in [0.1, 0.15) is 11.2 Å². The number of furan rings is 1. The number of aliphatic imine (C=N–C) groups is 1. The lowest BCUT2D eigenvalue weighted by Crippen LogP contribution is -1.96. The van der Waals surface area contributed by atoms with Gasteiger partial charge in [-0.3, -0.25) is 14.0 Å². The highest BCUT2D eigenvalue weighted by Crippen LogP contribution is 2.40. The number of hydrogen-bond acceptors (Lipinski definition) is 4. The molecular weight excluding hydrogens is 477 g/mol. The van der Waals surface area contributed by atoms with Crippen LogP contribution in [0.5, 0.6) is 0 Å². The van der Waals surface area contributed by atoms with E-state index in [0.717, 1.165) is 54.1 Å². The highest BCUT2D eigenvalue weighted by atomic mass is 127. The maximum atomic E-state index is 6.30. The average molecular weight is 489 g/mol. The first-order valence-corrected chi connectivity index (χ1v) is 11.5. The summed E-state index contributed by atoms with van der Waals surface area (Å²) in [7, 11) is 0. The Bertz CT molecular complexity index is 1670. The lowest BCUT2D eigenvalue weighted by atomic mass is 10.2. The van der Waals surface area contributed by atoms with Gasteiger partial charge in [-0.05, 0) is 55.1 Å². The molecule has 6 aromatic rings. The van der Waals surface area contributed by atoms with E-state index in [4.69, 9.17) is 9.40 Å². The summed E-state index contributed by atoms with van der Waals surface area (Å²) in [5.41, 5.74) is 7.63.